The summed E-state index contributed by atoms with van der Waals surface area (Å²) in [5.41, 5.74) is 12.8. The van der Waals surface area contributed by atoms with E-state index in [1.165, 1.54) is 10.8 Å². The number of aromatic nitrogens is 6. The van der Waals surface area contributed by atoms with Gasteiger partial charge in [0.25, 0.3) is 0 Å². The number of benzene rings is 9. The summed E-state index contributed by atoms with van der Waals surface area (Å²) in [5.74, 6) is 1.75. The van der Waals surface area contributed by atoms with E-state index in [0.29, 0.717) is 17.6 Å². The van der Waals surface area contributed by atoms with E-state index in [2.05, 4.69) is 226 Å². The van der Waals surface area contributed by atoms with Crippen molar-refractivity contribution in [2.75, 3.05) is 0 Å². The molecular weight excluding hydrogens is 769 g/mol. The zero-order valence-corrected chi connectivity index (χ0v) is 34.0. The Morgan fingerprint density at radius 1 is 0.270 bits per heavy atom. The van der Waals surface area contributed by atoms with Gasteiger partial charge in [-0.2, -0.15) is 9.97 Å². The fourth-order valence-corrected chi connectivity index (χ4v) is 9.70. The van der Waals surface area contributed by atoms with Gasteiger partial charge >= 0.3 is 0 Å². The lowest BCUT2D eigenvalue weighted by Gasteiger charge is -2.14. The van der Waals surface area contributed by atoms with Crippen LogP contribution in [0.5, 0.6) is 0 Å². The summed E-state index contributed by atoms with van der Waals surface area (Å²) < 4.78 is 6.96. The van der Waals surface area contributed by atoms with E-state index in [1.807, 2.05) is 6.07 Å². The van der Waals surface area contributed by atoms with Crippen molar-refractivity contribution in [3.8, 4) is 51.2 Å². The maximum atomic E-state index is 5.51. The molecule has 0 spiro atoms. The van der Waals surface area contributed by atoms with Crippen molar-refractivity contribution in [1.29, 1.82) is 0 Å². The third-order valence-corrected chi connectivity index (χ3v) is 12.5. The fourth-order valence-electron chi connectivity index (χ4n) is 9.70. The molecule has 0 aliphatic rings. The molecule has 9 aromatic carbocycles. The van der Waals surface area contributed by atoms with Crippen molar-refractivity contribution >= 4 is 65.4 Å². The van der Waals surface area contributed by atoms with Crippen LogP contribution in [0.15, 0.2) is 218 Å². The number of fused-ring (bicyclic) bond motifs is 9. The molecule has 13 aromatic rings. The smallest absolute Gasteiger partial charge is 0.238 e. The zero-order valence-electron chi connectivity index (χ0n) is 34.0. The van der Waals surface area contributed by atoms with Gasteiger partial charge < -0.3 is 9.13 Å². The van der Waals surface area contributed by atoms with Gasteiger partial charge in [0.15, 0.2) is 11.6 Å². The highest BCUT2D eigenvalue weighted by Crippen LogP contribution is 2.41. The van der Waals surface area contributed by atoms with Crippen molar-refractivity contribution in [3.05, 3.63) is 218 Å². The molecule has 6 heteroatoms. The molecule has 0 aliphatic carbocycles. The minimum Gasteiger partial charge on any atom is -0.309 e. The minimum atomic E-state index is 0.554. The summed E-state index contributed by atoms with van der Waals surface area (Å²) in [5, 5.41) is 6.91. The van der Waals surface area contributed by atoms with Gasteiger partial charge in [-0.3, -0.25) is 4.57 Å². The molecule has 6 nitrogen and oxygen atoms in total. The van der Waals surface area contributed by atoms with Gasteiger partial charge in [-0.1, -0.05) is 158 Å². The number of hydrogen-bond donors (Lipinski definition) is 0. The molecule has 0 saturated carbocycles. The van der Waals surface area contributed by atoms with E-state index in [-0.39, 0.29) is 0 Å². The molecule has 0 amide bonds. The lowest BCUT2D eigenvalue weighted by atomic mass is 10.0. The van der Waals surface area contributed by atoms with Crippen molar-refractivity contribution in [2.45, 2.75) is 0 Å². The quantitative estimate of drug-likeness (QED) is 0.168. The van der Waals surface area contributed by atoms with Crippen LogP contribution in [-0.2, 0) is 0 Å². The number of rotatable bonds is 6. The first kappa shape index (κ1) is 35.2. The Balaban J connectivity index is 1.12. The first-order valence-electron chi connectivity index (χ1n) is 21.3. The largest absolute Gasteiger partial charge is 0.309 e. The first-order valence-corrected chi connectivity index (χ1v) is 21.3. The topological polar surface area (TPSA) is 53.5 Å². The standard InChI is InChI=1S/C57H36N6/c1-4-17-37(18-5-1)38-31-33-39(34-32-38)55-58-56(46-27-16-26-45-42-23-10-14-29-50(42)62(54(45)46)41-21-8-3-9-22-41)60-57(59-55)63-51-30-15-12-25-44(51)48-35-52-47(36-53(48)63)43-24-11-13-28-49(43)61(52)40-19-6-2-7-20-40/h1-36H. The van der Waals surface area contributed by atoms with Gasteiger partial charge in [-0.05, 0) is 71.8 Å². The molecule has 0 radical (unpaired) electrons. The van der Waals surface area contributed by atoms with E-state index in [0.717, 1.165) is 88.3 Å². The SMILES string of the molecule is c1ccc(-c2ccc(-c3nc(-c4cccc5c6ccccc6n(-c6ccccc6)c45)nc(-n4c5ccccc5c5cc6c(cc54)c4ccccc4n6-c4ccccc4)n3)cc2)cc1. The molecule has 0 bridgehead atoms. The summed E-state index contributed by atoms with van der Waals surface area (Å²) in [6, 6.07) is 77.3. The Kier molecular flexibility index (Phi) is 7.80. The molecule has 0 unspecified atom stereocenters. The maximum Gasteiger partial charge on any atom is 0.238 e. The first-order chi connectivity index (χ1) is 31.3. The molecule has 4 heterocycles. The third-order valence-electron chi connectivity index (χ3n) is 12.5. The Labute approximate surface area is 362 Å². The third kappa shape index (κ3) is 5.48. The van der Waals surface area contributed by atoms with Gasteiger partial charge in [0.1, 0.15) is 0 Å². The summed E-state index contributed by atoms with van der Waals surface area (Å²) in [7, 11) is 0. The Hall–Kier alpha value is -8.61. The van der Waals surface area contributed by atoms with Crippen LogP contribution >= 0.6 is 0 Å². The average molecular weight is 805 g/mol. The normalized spacial score (nSPS) is 11.8. The Morgan fingerprint density at radius 2 is 0.714 bits per heavy atom. The van der Waals surface area contributed by atoms with Crippen LogP contribution in [0.3, 0.4) is 0 Å². The van der Waals surface area contributed by atoms with Gasteiger partial charge in [-0.15, -0.1) is 0 Å². The van der Waals surface area contributed by atoms with Crippen molar-refractivity contribution in [2.24, 2.45) is 0 Å². The second-order valence-electron chi connectivity index (χ2n) is 16.0. The van der Waals surface area contributed by atoms with Crippen LogP contribution in [0.25, 0.3) is 117 Å². The summed E-state index contributed by atoms with van der Waals surface area (Å²) in [4.78, 5) is 16.3. The van der Waals surface area contributed by atoms with E-state index < -0.39 is 0 Å². The molecule has 63 heavy (non-hydrogen) atoms. The van der Waals surface area contributed by atoms with Crippen molar-refractivity contribution < 1.29 is 0 Å². The Bertz CT molecular complexity index is 3880. The second kappa shape index (κ2) is 14.0. The summed E-state index contributed by atoms with van der Waals surface area (Å²) in [6.07, 6.45) is 0. The molecular formula is C57H36N6. The number of hydrogen-bond acceptors (Lipinski definition) is 3. The number of nitrogens with zero attached hydrogens (tertiary/aromatic N) is 6. The monoisotopic (exact) mass is 804 g/mol. The highest BCUT2D eigenvalue weighted by molar-refractivity contribution is 6.19. The zero-order chi connectivity index (χ0) is 41.4. The van der Waals surface area contributed by atoms with Crippen LogP contribution in [0.2, 0.25) is 0 Å². The highest BCUT2D eigenvalue weighted by Gasteiger charge is 2.23. The summed E-state index contributed by atoms with van der Waals surface area (Å²) >= 11 is 0. The molecule has 0 fully saturated rings. The predicted octanol–water partition coefficient (Wildman–Crippen LogP) is 14.2. The molecule has 4 aromatic heterocycles. The van der Waals surface area contributed by atoms with Crippen LogP contribution in [0.4, 0.5) is 0 Å². The summed E-state index contributed by atoms with van der Waals surface area (Å²) in [6.45, 7) is 0. The van der Waals surface area contributed by atoms with E-state index in [9.17, 15) is 0 Å². The van der Waals surface area contributed by atoms with Gasteiger partial charge in [0.05, 0.1) is 33.1 Å². The molecule has 0 atom stereocenters. The van der Waals surface area contributed by atoms with Gasteiger partial charge in [0, 0.05) is 54.8 Å². The Morgan fingerprint density at radius 3 is 1.35 bits per heavy atom. The molecule has 0 aliphatic heterocycles. The maximum absolute atomic E-state index is 5.51. The molecule has 294 valence electrons. The highest BCUT2D eigenvalue weighted by atomic mass is 15.2. The fraction of sp³-hybridized carbons (Fsp3) is 0. The molecule has 0 N–H and O–H groups in total. The molecule has 0 saturated heterocycles. The van der Waals surface area contributed by atoms with Crippen LogP contribution in [-0.4, -0.2) is 28.7 Å². The van der Waals surface area contributed by atoms with Crippen LogP contribution in [0.1, 0.15) is 0 Å². The van der Waals surface area contributed by atoms with E-state index >= 15 is 0 Å². The van der Waals surface area contributed by atoms with Gasteiger partial charge in [0.2, 0.25) is 5.95 Å². The molecule has 13 rings (SSSR count). The van der Waals surface area contributed by atoms with Crippen molar-refractivity contribution in [3.63, 3.8) is 0 Å². The predicted molar refractivity (Wildman–Crippen MR) is 259 cm³/mol. The second-order valence-corrected chi connectivity index (χ2v) is 16.0. The van der Waals surface area contributed by atoms with Gasteiger partial charge in [-0.25, -0.2) is 4.98 Å². The van der Waals surface area contributed by atoms with Crippen LogP contribution < -0.4 is 0 Å². The minimum absolute atomic E-state index is 0.554. The lowest BCUT2D eigenvalue weighted by molar-refractivity contribution is 0.954. The number of para-hydroxylation sites is 6. The average Bonchev–Trinajstić information content (AvgIpc) is 3.99. The van der Waals surface area contributed by atoms with E-state index in [1.54, 1.807) is 0 Å². The van der Waals surface area contributed by atoms with Crippen molar-refractivity contribution in [1.82, 2.24) is 28.7 Å². The van der Waals surface area contributed by atoms with E-state index in [4.69, 9.17) is 15.0 Å². The van der Waals surface area contributed by atoms with Crippen LogP contribution in [0, 0.1) is 0 Å². The lowest BCUT2D eigenvalue weighted by Crippen LogP contribution is -2.07.